The topological polar surface area (TPSA) is 65.0 Å². The van der Waals surface area contributed by atoms with Crippen LogP contribution in [-0.2, 0) is 25.5 Å². The Morgan fingerprint density at radius 2 is 1.85 bits per heavy atom. The van der Waals surface area contributed by atoms with E-state index in [0.29, 0.717) is 30.1 Å². The zero-order valence-corrected chi connectivity index (χ0v) is 16.1. The number of rotatable bonds is 6. The van der Waals surface area contributed by atoms with Crippen LogP contribution in [0.25, 0.3) is 0 Å². The van der Waals surface area contributed by atoms with E-state index in [9.17, 15) is 9.59 Å². The first-order chi connectivity index (χ1) is 13.1. The summed E-state index contributed by atoms with van der Waals surface area (Å²) in [5, 5.41) is 0. The van der Waals surface area contributed by atoms with Gasteiger partial charge in [0.15, 0.2) is 0 Å². The van der Waals surface area contributed by atoms with Gasteiger partial charge in [-0.1, -0.05) is 37.3 Å². The summed E-state index contributed by atoms with van der Waals surface area (Å²) in [7, 11) is 0. The Kier molecular flexibility index (Phi) is 6.43. The van der Waals surface area contributed by atoms with E-state index in [4.69, 9.17) is 14.5 Å². The molecule has 1 aromatic rings. The smallest absolute Gasteiger partial charge is 0.341 e. The van der Waals surface area contributed by atoms with E-state index >= 15 is 0 Å². The first kappa shape index (κ1) is 19.3. The molecule has 0 radical (unpaired) electrons. The summed E-state index contributed by atoms with van der Waals surface area (Å²) in [5.41, 5.74) is 2.09. The van der Waals surface area contributed by atoms with Crippen molar-refractivity contribution >= 4 is 17.8 Å². The molecule has 1 aliphatic heterocycles. The molecule has 0 bridgehead atoms. The summed E-state index contributed by atoms with van der Waals surface area (Å²) < 4.78 is 10.6. The van der Waals surface area contributed by atoms with E-state index in [-0.39, 0.29) is 18.4 Å². The fraction of sp³-hybridized carbons (Fsp3) is 0.500. The van der Waals surface area contributed by atoms with Gasteiger partial charge in [0.05, 0.1) is 24.6 Å². The summed E-state index contributed by atoms with van der Waals surface area (Å²) >= 11 is 0. The second-order valence-electron chi connectivity index (χ2n) is 7.34. The molecule has 2 aliphatic rings. The maximum Gasteiger partial charge on any atom is 0.341 e. The Labute approximate surface area is 160 Å². The van der Waals surface area contributed by atoms with Crippen molar-refractivity contribution in [3.05, 3.63) is 47.0 Å². The van der Waals surface area contributed by atoms with Crippen molar-refractivity contribution in [1.82, 2.24) is 0 Å². The number of cyclic esters (lactones) is 1. The fourth-order valence-electron chi connectivity index (χ4n) is 3.62. The first-order valence-corrected chi connectivity index (χ1v) is 9.78. The van der Waals surface area contributed by atoms with E-state index in [0.717, 1.165) is 37.2 Å². The number of aliphatic imine (C=N–C) groups is 1. The molecule has 0 aromatic heterocycles. The molecule has 0 spiro atoms. The average molecular weight is 369 g/mol. The van der Waals surface area contributed by atoms with Crippen LogP contribution < -0.4 is 0 Å². The molecule has 3 rings (SSSR count). The Morgan fingerprint density at radius 3 is 2.52 bits per heavy atom. The number of esters is 2. The number of hydrogen-bond acceptors (Lipinski definition) is 5. The van der Waals surface area contributed by atoms with Crippen molar-refractivity contribution < 1.29 is 19.1 Å². The van der Waals surface area contributed by atoms with E-state index in [1.807, 2.05) is 30.3 Å². The lowest BCUT2D eigenvalue weighted by Gasteiger charge is -2.23. The maximum absolute atomic E-state index is 12.5. The molecule has 0 unspecified atom stereocenters. The summed E-state index contributed by atoms with van der Waals surface area (Å²) in [6, 6.07) is 9.86. The van der Waals surface area contributed by atoms with E-state index in [1.165, 1.54) is 0 Å². The molecule has 5 heteroatoms. The largest absolute Gasteiger partial charge is 0.466 e. The molecule has 0 saturated heterocycles. The van der Waals surface area contributed by atoms with E-state index < -0.39 is 5.97 Å². The van der Waals surface area contributed by atoms with Crippen molar-refractivity contribution in [1.29, 1.82) is 0 Å². The molecule has 0 N–H and O–H groups in total. The quantitative estimate of drug-likeness (QED) is 0.711. The molecular formula is C22H27NO4. The van der Waals surface area contributed by atoms with Gasteiger partial charge in [0.2, 0.25) is 5.90 Å². The van der Waals surface area contributed by atoms with Gasteiger partial charge in [-0.25, -0.2) is 9.79 Å². The molecule has 144 valence electrons. The predicted octanol–water partition coefficient (Wildman–Crippen LogP) is 4.01. The molecule has 1 heterocycles. The predicted molar refractivity (Wildman–Crippen MR) is 103 cm³/mol. The van der Waals surface area contributed by atoms with Crippen molar-refractivity contribution in [2.45, 2.75) is 58.4 Å². The zero-order chi connectivity index (χ0) is 19.2. The van der Waals surface area contributed by atoms with Crippen molar-refractivity contribution in [2.75, 3.05) is 6.61 Å². The summed E-state index contributed by atoms with van der Waals surface area (Å²) in [6.07, 6.45) is 4.68. The number of carbonyl (C=O) groups excluding carboxylic acids is 2. The first-order valence-electron chi connectivity index (χ1n) is 9.78. The van der Waals surface area contributed by atoms with Gasteiger partial charge < -0.3 is 9.47 Å². The standard InChI is InChI=1S/C22H27NO4/c1-3-26-20(24)14-18-19(13-16-7-5-4-6-8-16)22(25)27-21(18)23-17-11-9-15(2)10-12-17/h4-8,15,17H,3,9-14H2,1-2H3/b23-21-. The van der Waals surface area contributed by atoms with Crippen LogP contribution in [0.5, 0.6) is 0 Å². The monoisotopic (exact) mass is 369 g/mol. The van der Waals surface area contributed by atoms with Crippen LogP contribution in [0, 0.1) is 5.92 Å². The third-order valence-corrected chi connectivity index (χ3v) is 5.19. The lowest BCUT2D eigenvalue weighted by molar-refractivity contribution is -0.142. The normalized spacial score (nSPS) is 24.2. The lowest BCUT2D eigenvalue weighted by atomic mass is 9.87. The minimum atomic E-state index is -0.402. The number of hydrogen-bond donors (Lipinski definition) is 0. The molecule has 0 atom stereocenters. The van der Waals surface area contributed by atoms with Gasteiger partial charge in [-0.2, -0.15) is 0 Å². The molecule has 27 heavy (non-hydrogen) atoms. The summed E-state index contributed by atoms with van der Waals surface area (Å²) in [6.45, 7) is 4.33. The molecule has 1 aliphatic carbocycles. The second-order valence-corrected chi connectivity index (χ2v) is 7.34. The maximum atomic E-state index is 12.5. The Hall–Kier alpha value is -2.43. The summed E-state index contributed by atoms with van der Waals surface area (Å²) in [4.78, 5) is 29.3. The number of benzene rings is 1. The lowest BCUT2D eigenvalue weighted by Crippen LogP contribution is -2.19. The van der Waals surface area contributed by atoms with Gasteiger partial charge in [-0.05, 0) is 44.1 Å². The number of ether oxygens (including phenoxy) is 2. The van der Waals surface area contributed by atoms with Crippen LogP contribution in [0.4, 0.5) is 0 Å². The highest BCUT2D eigenvalue weighted by atomic mass is 16.6. The highest BCUT2D eigenvalue weighted by Crippen LogP contribution is 2.30. The van der Waals surface area contributed by atoms with E-state index in [1.54, 1.807) is 6.92 Å². The molecule has 1 fully saturated rings. The highest BCUT2D eigenvalue weighted by molar-refractivity contribution is 6.16. The van der Waals surface area contributed by atoms with Gasteiger partial charge in [0.1, 0.15) is 0 Å². The van der Waals surface area contributed by atoms with Gasteiger partial charge in [0.25, 0.3) is 0 Å². The molecule has 1 aromatic carbocycles. The minimum absolute atomic E-state index is 0.0176. The molecule has 0 amide bonds. The Balaban J connectivity index is 1.87. The zero-order valence-electron chi connectivity index (χ0n) is 16.1. The SMILES string of the molecule is CCOC(=O)CC1=C(Cc2ccccc2)C(=O)O/C1=N\C1CCC(C)CC1. The van der Waals surface area contributed by atoms with Gasteiger partial charge in [0, 0.05) is 12.0 Å². The third kappa shape index (κ3) is 5.06. The van der Waals surface area contributed by atoms with E-state index in [2.05, 4.69) is 6.92 Å². The van der Waals surface area contributed by atoms with Crippen LogP contribution in [0.15, 0.2) is 46.5 Å². The molecule has 5 nitrogen and oxygen atoms in total. The second kappa shape index (κ2) is 8.98. The van der Waals surface area contributed by atoms with Crippen molar-refractivity contribution in [3.8, 4) is 0 Å². The molecular weight excluding hydrogens is 342 g/mol. The van der Waals surface area contributed by atoms with Crippen LogP contribution in [0.2, 0.25) is 0 Å². The van der Waals surface area contributed by atoms with Gasteiger partial charge in [-0.15, -0.1) is 0 Å². The Bertz CT molecular complexity index is 743. The number of nitrogens with zero attached hydrogens (tertiary/aromatic N) is 1. The summed E-state index contributed by atoms with van der Waals surface area (Å²) in [5.74, 6) is 0.275. The third-order valence-electron chi connectivity index (χ3n) is 5.19. The Morgan fingerprint density at radius 1 is 1.15 bits per heavy atom. The molecule has 1 saturated carbocycles. The fourth-order valence-corrected chi connectivity index (χ4v) is 3.62. The average Bonchev–Trinajstić information content (AvgIpc) is 2.93. The van der Waals surface area contributed by atoms with Crippen LogP contribution >= 0.6 is 0 Å². The van der Waals surface area contributed by atoms with Crippen LogP contribution in [0.3, 0.4) is 0 Å². The minimum Gasteiger partial charge on any atom is -0.466 e. The van der Waals surface area contributed by atoms with Crippen LogP contribution in [-0.4, -0.2) is 30.5 Å². The van der Waals surface area contributed by atoms with Gasteiger partial charge in [-0.3, -0.25) is 4.79 Å². The highest BCUT2D eigenvalue weighted by Gasteiger charge is 2.33. The van der Waals surface area contributed by atoms with Crippen LogP contribution in [0.1, 0.15) is 51.5 Å². The van der Waals surface area contributed by atoms with Crippen molar-refractivity contribution in [3.63, 3.8) is 0 Å². The van der Waals surface area contributed by atoms with Crippen molar-refractivity contribution in [2.24, 2.45) is 10.9 Å². The van der Waals surface area contributed by atoms with Gasteiger partial charge >= 0.3 is 11.9 Å². The number of carbonyl (C=O) groups is 2.